The van der Waals surface area contributed by atoms with Crippen LogP contribution in [0.25, 0.3) is 11.2 Å². The van der Waals surface area contributed by atoms with Crippen LogP contribution in [0.2, 0.25) is 0 Å². The Morgan fingerprint density at radius 3 is 2.86 bits per heavy atom. The highest BCUT2D eigenvalue weighted by Crippen LogP contribution is 2.27. The standard InChI is InChI=1S/C25H35N7O3/c1-17-15-19(35-13-6-12-26-21(33)11-14-34-2)9-10-20(17)30-25-31-23-22(27-16-28-23)24(32-25)29-18-7-4-3-5-8-18/h9-10,15-16,18H,3-8,11-14H2,1-2H3,(H,26,33)(H3,27,28,29,30,31,32)/p+1. The molecule has 2 aromatic heterocycles. The van der Waals surface area contributed by atoms with Crippen LogP contribution in [-0.4, -0.2) is 53.8 Å². The molecule has 4 rings (SSSR count). The molecule has 1 fully saturated rings. The molecule has 0 saturated heterocycles. The minimum absolute atomic E-state index is 0.00661. The van der Waals surface area contributed by atoms with E-state index in [1.165, 1.54) is 32.1 Å². The summed E-state index contributed by atoms with van der Waals surface area (Å²) in [6.45, 7) is 3.56. The summed E-state index contributed by atoms with van der Waals surface area (Å²) in [7, 11) is 1.59. The number of methoxy groups -OCH3 is 1. The highest BCUT2D eigenvalue weighted by molar-refractivity contribution is 5.82. The van der Waals surface area contributed by atoms with E-state index in [-0.39, 0.29) is 5.91 Å². The highest BCUT2D eigenvalue weighted by atomic mass is 16.5. The van der Waals surface area contributed by atoms with Crippen molar-refractivity contribution in [2.75, 3.05) is 37.5 Å². The summed E-state index contributed by atoms with van der Waals surface area (Å²) in [6.07, 6.45) is 9.04. The minimum atomic E-state index is -0.00661. The predicted octanol–water partition coefficient (Wildman–Crippen LogP) is 3.49. The Morgan fingerprint density at radius 2 is 2.06 bits per heavy atom. The summed E-state index contributed by atoms with van der Waals surface area (Å²) in [6, 6.07) is 6.32. The van der Waals surface area contributed by atoms with Crippen LogP contribution in [0.3, 0.4) is 0 Å². The van der Waals surface area contributed by atoms with Crippen LogP contribution in [0.4, 0.5) is 17.5 Å². The fourth-order valence-corrected chi connectivity index (χ4v) is 4.24. The van der Waals surface area contributed by atoms with Crippen LogP contribution < -0.4 is 25.7 Å². The van der Waals surface area contributed by atoms with E-state index in [1.807, 2.05) is 25.1 Å². The molecule has 0 radical (unpaired) electrons. The molecule has 0 aliphatic heterocycles. The number of aromatic nitrogens is 4. The zero-order valence-corrected chi connectivity index (χ0v) is 20.6. The molecule has 1 aromatic carbocycles. The van der Waals surface area contributed by atoms with Crippen molar-refractivity contribution in [3.05, 3.63) is 30.1 Å². The van der Waals surface area contributed by atoms with E-state index in [2.05, 4.69) is 30.9 Å². The number of imidazole rings is 1. The maximum absolute atomic E-state index is 11.6. The van der Waals surface area contributed by atoms with Crippen molar-refractivity contribution in [2.24, 2.45) is 0 Å². The van der Waals surface area contributed by atoms with Gasteiger partial charge in [0.1, 0.15) is 5.75 Å². The zero-order chi connectivity index (χ0) is 24.5. The maximum Gasteiger partial charge on any atom is 0.307 e. The molecule has 1 saturated carbocycles. The molecule has 0 spiro atoms. The Hall–Kier alpha value is -3.40. The number of benzene rings is 1. The molecule has 5 N–H and O–H groups in total. The van der Waals surface area contributed by atoms with Crippen LogP contribution in [0.5, 0.6) is 5.75 Å². The molecule has 0 unspecified atom stereocenters. The van der Waals surface area contributed by atoms with Crippen molar-refractivity contribution in [3.8, 4) is 5.75 Å². The van der Waals surface area contributed by atoms with Gasteiger partial charge in [0.25, 0.3) is 0 Å². The van der Waals surface area contributed by atoms with Crippen molar-refractivity contribution >= 4 is 34.5 Å². The van der Waals surface area contributed by atoms with E-state index in [4.69, 9.17) is 14.5 Å². The molecule has 1 aliphatic carbocycles. The molecule has 1 aliphatic rings. The second-order valence-electron chi connectivity index (χ2n) is 8.93. The van der Waals surface area contributed by atoms with Gasteiger partial charge in [-0.25, -0.2) is 4.98 Å². The zero-order valence-electron chi connectivity index (χ0n) is 20.6. The molecule has 10 nitrogen and oxygen atoms in total. The van der Waals surface area contributed by atoms with Gasteiger partial charge in [-0.2, -0.15) is 4.98 Å². The van der Waals surface area contributed by atoms with Gasteiger partial charge in [-0.15, -0.1) is 0 Å². The van der Waals surface area contributed by atoms with Crippen molar-refractivity contribution in [1.82, 2.24) is 20.3 Å². The van der Waals surface area contributed by atoms with Crippen molar-refractivity contribution < 1.29 is 19.3 Å². The number of H-pyrrole nitrogens is 2. The predicted molar refractivity (Wildman–Crippen MR) is 135 cm³/mol. The molecule has 3 aromatic rings. The molecule has 0 atom stereocenters. The first-order chi connectivity index (χ1) is 17.1. The van der Waals surface area contributed by atoms with Gasteiger partial charge in [0, 0.05) is 31.8 Å². The lowest BCUT2D eigenvalue weighted by Gasteiger charge is -2.23. The third-order valence-corrected chi connectivity index (χ3v) is 6.17. The number of amides is 1. The van der Waals surface area contributed by atoms with Gasteiger partial charge in [0.05, 0.1) is 13.2 Å². The summed E-state index contributed by atoms with van der Waals surface area (Å²) < 4.78 is 10.8. The van der Waals surface area contributed by atoms with Gasteiger partial charge >= 0.3 is 11.6 Å². The summed E-state index contributed by atoms with van der Waals surface area (Å²) in [5.41, 5.74) is 3.59. The van der Waals surface area contributed by atoms with E-state index in [9.17, 15) is 4.79 Å². The molecule has 2 heterocycles. The van der Waals surface area contributed by atoms with Gasteiger partial charge in [-0.1, -0.05) is 24.2 Å². The minimum Gasteiger partial charge on any atom is -0.494 e. The Morgan fingerprint density at radius 1 is 1.20 bits per heavy atom. The third kappa shape index (κ3) is 7.05. The molecule has 10 heteroatoms. The van der Waals surface area contributed by atoms with E-state index < -0.39 is 0 Å². The Balaban J connectivity index is 1.33. The van der Waals surface area contributed by atoms with Crippen molar-refractivity contribution in [2.45, 2.75) is 57.9 Å². The Labute approximate surface area is 205 Å². The van der Waals surface area contributed by atoms with Gasteiger partial charge < -0.3 is 25.4 Å². The van der Waals surface area contributed by atoms with Gasteiger partial charge in [0.15, 0.2) is 12.1 Å². The fraction of sp³-hybridized carbons (Fsp3) is 0.520. The van der Waals surface area contributed by atoms with E-state index in [0.717, 1.165) is 40.4 Å². The largest absolute Gasteiger partial charge is 0.494 e. The Kier molecular flexibility index (Phi) is 8.72. The third-order valence-electron chi connectivity index (χ3n) is 6.17. The molecular formula is C25H36N7O3+. The lowest BCUT2D eigenvalue weighted by Crippen LogP contribution is -2.26. The summed E-state index contributed by atoms with van der Waals surface area (Å²) in [5, 5.41) is 9.83. The van der Waals surface area contributed by atoms with Crippen LogP contribution >= 0.6 is 0 Å². The number of ether oxygens (including phenoxy) is 2. The Bertz CT molecular complexity index is 1110. The topological polar surface area (TPSA) is 127 Å². The molecule has 0 bridgehead atoms. The van der Waals surface area contributed by atoms with Gasteiger partial charge in [0.2, 0.25) is 11.4 Å². The van der Waals surface area contributed by atoms with E-state index >= 15 is 0 Å². The number of aryl methyl sites for hydroxylation is 1. The molecule has 1 amide bonds. The average molecular weight is 483 g/mol. The maximum atomic E-state index is 11.6. The number of rotatable bonds is 12. The van der Waals surface area contributed by atoms with Crippen LogP contribution in [0, 0.1) is 6.92 Å². The number of anilines is 3. The monoisotopic (exact) mass is 482 g/mol. The lowest BCUT2D eigenvalue weighted by molar-refractivity contribution is -0.347. The molecule has 35 heavy (non-hydrogen) atoms. The van der Waals surface area contributed by atoms with E-state index in [1.54, 1.807) is 13.4 Å². The number of carbonyl (C=O) groups excluding carboxylic acids is 1. The van der Waals surface area contributed by atoms with Crippen LogP contribution in [0.15, 0.2) is 24.5 Å². The van der Waals surface area contributed by atoms with Crippen LogP contribution in [-0.2, 0) is 9.53 Å². The van der Waals surface area contributed by atoms with Gasteiger partial charge in [-0.3, -0.25) is 9.78 Å². The fourth-order valence-electron chi connectivity index (χ4n) is 4.24. The average Bonchev–Trinajstić information content (AvgIpc) is 3.34. The lowest BCUT2D eigenvalue weighted by atomic mass is 9.95. The first-order valence-electron chi connectivity index (χ1n) is 12.4. The second kappa shape index (κ2) is 12.3. The highest BCUT2D eigenvalue weighted by Gasteiger charge is 2.20. The molecular weight excluding hydrogens is 446 g/mol. The second-order valence-corrected chi connectivity index (χ2v) is 8.93. The first kappa shape index (κ1) is 24.7. The number of nitrogens with one attached hydrogen (secondary N) is 5. The number of hydrogen-bond donors (Lipinski definition) is 4. The quantitative estimate of drug-likeness (QED) is 0.291. The summed E-state index contributed by atoms with van der Waals surface area (Å²) in [5.74, 6) is 2.13. The van der Waals surface area contributed by atoms with Crippen LogP contribution in [0.1, 0.15) is 50.5 Å². The van der Waals surface area contributed by atoms with E-state index in [0.29, 0.717) is 38.2 Å². The summed E-state index contributed by atoms with van der Waals surface area (Å²) >= 11 is 0. The number of fused-ring (bicyclic) bond motifs is 1. The number of nitrogens with zero attached hydrogens (tertiary/aromatic N) is 2. The van der Waals surface area contributed by atoms with Crippen molar-refractivity contribution in [1.29, 1.82) is 0 Å². The smallest absolute Gasteiger partial charge is 0.307 e. The number of carbonyl (C=O) groups is 1. The first-order valence-corrected chi connectivity index (χ1v) is 12.4. The van der Waals surface area contributed by atoms with Gasteiger partial charge in [-0.05, 0) is 49.9 Å². The molecule has 188 valence electrons. The van der Waals surface area contributed by atoms with Crippen molar-refractivity contribution in [3.63, 3.8) is 0 Å². The number of hydrogen-bond acceptors (Lipinski definition) is 7. The SMILES string of the molecule is COCCC(=O)NCCCOc1ccc(Nc2nc(NC3CCCCC3)c3[nH]c[nH+]c3n2)c(C)c1. The number of aromatic amines is 2. The normalized spacial score (nSPS) is 14.1. The summed E-state index contributed by atoms with van der Waals surface area (Å²) in [4.78, 5) is 27.4.